The van der Waals surface area contributed by atoms with Crippen molar-refractivity contribution in [2.75, 3.05) is 0 Å². The molecule has 0 heterocycles. The van der Waals surface area contributed by atoms with Crippen LogP contribution in [0.3, 0.4) is 0 Å². The zero-order valence-corrected chi connectivity index (χ0v) is 11.2. The molecule has 4 nitrogen and oxygen atoms in total. The van der Waals surface area contributed by atoms with Crippen molar-refractivity contribution in [2.45, 2.75) is 52.0 Å². The van der Waals surface area contributed by atoms with Crippen LogP contribution in [0.5, 0.6) is 0 Å². The van der Waals surface area contributed by atoms with Crippen LogP contribution in [0.2, 0.25) is 0 Å². The molecule has 0 spiro atoms. The van der Waals surface area contributed by atoms with E-state index in [4.69, 9.17) is 5.11 Å². The number of carbonyl (C=O) groups is 2. The van der Waals surface area contributed by atoms with Gasteiger partial charge in [-0.05, 0) is 37.5 Å². The Labute approximate surface area is 108 Å². The summed E-state index contributed by atoms with van der Waals surface area (Å²) in [5.74, 6) is -0.496. The van der Waals surface area contributed by atoms with Gasteiger partial charge in [0.25, 0.3) is 0 Å². The predicted molar refractivity (Wildman–Crippen MR) is 68.0 cm³/mol. The number of rotatable bonds is 3. The van der Waals surface area contributed by atoms with Crippen LogP contribution in [0.25, 0.3) is 0 Å². The van der Waals surface area contributed by atoms with E-state index in [0.717, 1.165) is 25.7 Å². The van der Waals surface area contributed by atoms with Gasteiger partial charge >= 0.3 is 5.97 Å². The van der Waals surface area contributed by atoms with E-state index in [1.54, 1.807) is 0 Å². The highest BCUT2D eigenvalue weighted by Crippen LogP contribution is 2.34. The van der Waals surface area contributed by atoms with Crippen LogP contribution >= 0.6 is 0 Å². The van der Waals surface area contributed by atoms with E-state index in [1.165, 1.54) is 0 Å². The molecular weight excluding hydrogens is 230 g/mol. The molecular formula is C14H23NO3. The topological polar surface area (TPSA) is 66.4 Å². The van der Waals surface area contributed by atoms with Gasteiger partial charge in [-0.25, -0.2) is 0 Å². The van der Waals surface area contributed by atoms with E-state index < -0.39 is 11.9 Å². The van der Waals surface area contributed by atoms with Crippen molar-refractivity contribution in [3.05, 3.63) is 0 Å². The molecule has 2 fully saturated rings. The summed E-state index contributed by atoms with van der Waals surface area (Å²) in [7, 11) is 0. The summed E-state index contributed by atoms with van der Waals surface area (Å²) in [4.78, 5) is 23.3. The number of nitrogens with one attached hydrogen (secondary N) is 1. The minimum Gasteiger partial charge on any atom is -0.481 e. The molecule has 2 rings (SSSR count). The van der Waals surface area contributed by atoms with Crippen LogP contribution in [0.4, 0.5) is 0 Å². The molecule has 0 aromatic rings. The average molecular weight is 253 g/mol. The molecule has 2 aliphatic carbocycles. The molecule has 0 saturated heterocycles. The van der Waals surface area contributed by atoms with Crippen LogP contribution < -0.4 is 5.32 Å². The smallest absolute Gasteiger partial charge is 0.307 e. The van der Waals surface area contributed by atoms with Crippen molar-refractivity contribution in [3.8, 4) is 0 Å². The summed E-state index contributed by atoms with van der Waals surface area (Å²) in [6.07, 6.45) is 4.40. The third-order valence-corrected chi connectivity index (χ3v) is 4.96. The number of carboxylic acid groups (broad SMARTS) is 1. The third kappa shape index (κ3) is 2.52. The van der Waals surface area contributed by atoms with Crippen molar-refractivity contribution in [3.63, 3.8) is 0 Å². The Kier molecular flexibility index (Phi) is 3.93. The summed E-state index contributed by atoms with van der Waals surface area (Å²) in [6.45, 7) is 4.39. The van der Waals surface area contributed by atoms with Crippen molar-refractivity contribution < 1.29 is 14.7 Å². The largest absolute Gasteiger partial charge is 0.481 e. The van der Waals surface area contributed by atoms with Crippen LogP contribution in [-0.4, -0.2) is 23.0 Å². The third-order valence-electron chi connectivity index (χ3n) is 4.96. The summed E-state index contributed by atoms with van der Waals surface area (Å²) in [6, 6.07) is 0.238. The summed E-state index contributed by atoms with van der Waals surface area (Å²) in [5, 5.41) is 12.2. The van der Waals surface area contributed by atoms with Gasteiger partial charge in [0.05, 0.1) is 11.8 Å². The maximum Gasteiger partial charge on any atom is 0.307 e. The molecule has 0 radical (unpaired) electrons. The first-order valence-corrected chi connectivity index (χ1v) is 7.04. The molecule has 2 aliphatic rings. The maximum atomic E-state index is 12.2. The Bertz CT molecular complexity index is 342. The molecule has 5 atom stereocenters. The highest BCUT2D eigenvalue weighted by molar-refractivity contribution is 5.85. The number of hydrogen-bond donors (Lipinski definition) is 2. The standard InChI is InChI=1S/C14H23NO3/c1-8-6-7-12(9(8)2)15-13(16)10-4-3-5-11(10)14(17)18/h8-12H,3-7H2,1-2H3,(H,15,16)(H,17,18)/t8?,9?,10-,11+,12?/m1/s1. The highest BCUT2D eigenvalue weighted by atomic mass is 16.4. The fraction of sp³-hybridized carbons (Fsp3) is 0.857. The Balaban J connectivity index is 1.94. The fourth-order valence-corrected chi connectivity index (χ4v) is 3.43. The molecule has 0 aromatic carbocycles. The van der Waals surface area contributed by atoms with Crippen LogP contribution in [0.15, 0.2) is 0 Å². The minimum atomic E-state index is -0.819. The molecule has 1 amide bonds. The molecule has 4 heteroatoms. The van der Waals surface area contributed by atoms with Gasteiger partial charge in [0.15, 0.2) is 0 Å². The van der Waals surface area contributed by atoms with E-state index in [9.17, 15) is 9.59 Å². The fourth-order valence-electron chi connectivity index (χ4n) is 3.43. The van der Waals surface area contributed by atoms with E-state index in [-0.39, 0.29) is 17.9 Å². The predicted octanol–water partition coefficient (Wildman–Crippen LogP) is 2.04. The number of aliphatic carboxylic acids is 1. The SMILES string of the molecule is CC1CCC(NC(=O)[C@@H]2CCC[C@@H]2C(=O)O)C1C. The second-order valence-corrected chi connectivity index (χ2v) is 6.01. The Morgan fingerprint density at radius 3 is 2.28 bits per heavy atom. The van der Waals surface area contributed by atoms with Gasteiger partial charge in [-0.1, -0.05) is 20.3 Å². The van der Waals surface area contributed by atoms with Crippen molar-refractivity contribution in [1.82, 2.24) is 5.32 Å². The summed E-state index contributed by atoms with van der Waals surface area (Å²) in [5.41, 5.74) is 0. The monoisotopic (exact) mass is 253 g/mol. The van der Waals surface area contributed by atoms with Crippen LogP contribution in [0, 0.1) is 23.7 Å². The number of amides is 1. The molecule has 18 heavy (non-hydrogen) atoms. The highest BCUT2D eigenvalue weighted by Gasteiger charge is 2.39. The van der Waals surface area contributed by atoms with Gasteiger partial charge in [-0.15, -0.1) is 0 Å². The van der Waals surface area contributed by atoms with Crippen molar-refractivity contribution in [1.29, 1.82) is 0 Å². The Morgan fingerprint density at radius 2 is 1.72 bits per heavy atom. The zero-order valence-electron chi connectivity index (χ0n) is 11.2. The van der Waals surface area contributed by atoms with E-state index in [0.29, 0.717) is 18.3 Å². The first-order chi connectivity index (χ1) is 8.50. The van der Waals surface area contributed by atoms with Gasteiger partial charge in [-0.3, -0.25) is 9.59 Å². The quantitative estimate of drug-likeness (QED) is 0.809. The van der Waals surface area contributed by atoms with Crippen LogP contribution in [-0.2, 0) is 9.59 Å². The molecule has 0 aliphatic heterocycles. The van der Waals surface area contributed by atoms with Gasteiger partial charge in [0.2, 0.25) is 5.91 Å². The number of hydrogen-bond acceptors (Lipinski definition) is 2. The van der Waals surface area contributed by atoms with Gasteiger partial charge < -0.3 is 10.4 Å². The second kappa shape index (κ2) is 5.29. The first kappa shape index (κ1) is 13.4. The molecule has 3 unspecified atom stereocenters. The Hall–Kier alpha value is -1.06. The lowest BCUT2D eigenvalue weighted by Gasteiger charge is -2.23. The second-order valence-electron chi connectivity index (χ2n) is 6.01. The van der Waals surface area contributed by atoms with Crippen molar-refractivity contribution in [2.24, 2.45) is 23.7 Å². The van der Waals surface area contributed by atoms with Crippen LogP contribution in [0.1, 0.15) is 46.0 Å². The number of carboxylic acids is 1. The zero-order chi connectivity index (χ0) is 13.3. The molecule has 2 N–H and O–H groups in total. The van der Waals surface area contributed by atoms with Gasteiger partial charge in [0, 0.05) is 6.04 Å². The molecule has 102 valence electrons. The lowest BCUT2D eigenvalue weighted by Crippen LogP contribution is -2.42. The molecule has 2 saturated carbocycles. The lowest BCUT2D eigenvalue weighted by atomic mass is 9.93. The normalized spacial score (nSPS) is 39.8. The summed E-state index contributed by atoms with van der Waals surface area (Å²) >= 11 is 0. The minimum absolute atomic E-state index is 0.0362. The van der Waals surface area contributed by atoms with E-state index in [1.807, 2.05) is 0 Å². The summed E-state index contributed by atoms with van der Waals surface area (Å²) < 4.78 is 0. The van der Waals surface area contributed by atoms with E-state index >= 15 is 0 Å². The maximum absolute atomic E-state index is 12.2. The van der Waals surface area contributed by atoms with Gasteiger partial charge in [-0.2, -0.15) is 0 Å². The molecule has 0 aromatic heterocycles. The number of carbonyl (C=O) groups excluding carboxylic acids is 1. The average Bonchev–Trinajstić information content (AvgIpc) is 2.91. The van der Waals surface area contributed by atoms with Crippen molar-refractivity contribution >= 4 is 11.9 Å². The van der Waals surface area contributed by atoms with Gasteiger partial charge in [0.1, 0.15) is 0 Å². The molecule has 0 bridgehead atoms. The Morgan fingerprint density at radius 1 is 1.06 bits per heavy atom. The lowest BCUT2D eigenvalue weighted by molar-refractivity contribution is -0.146. The first-order valence-electron chi connectivity index (χ1n) is 7.04. The van der Waals surface area contributed by atoms with E-state index in [2.05, 4.69) is 19.2 Å².